The van der Waals surface area contributed by atoms with Crippen molar-refractivity contribution in [2.75, 3.05) is 11.4 Å². The molecule has 6 heteroatoms. The number of anilines is 1. The molecule has 0 fully saturated rings. The smallest absolute Gasteiger partial charge is 0.416 e. The monoisotopic (exact) mass is 287 g/mol. The van der Waals surface area contributed by atoms with Gasteiger partial charge in [0, 0.05) is 24.2 Å². The van der Waals surface area contributed by atoms with E-state index in [9.17, 15) is 18.0 Å². The summed E-state index contributed by atoms with van der Waals surface area (Å²) in [6.07, 6.45) is -4.75. The summed E-state index contributed by atoms with van der Waals surface area (Å²) in [5.74, 6) is -1.70. The third kappa shape index (κ3) is 2.59. The number of halogens is 3. The average Bonchev–Trinajstić information content (AvgIpc) is 2.66. The van der Waals surface area contributed by atoms with Gasteiger partial charge in [0.05, 0.1) is 12.0 Å². The molecule has 1 atom stereocenters. The van der Waals surface area contributed by atoms with Crippen molar-refractivity contribution >= 4 is 11.7 Å². The highest BCUT2D eigenvalue weighted by molar-refractivity contribution is 5.72. The van der Waals surface area contributed by atoms with Gasteiger partial charge < -0.3 is 10.0 Å². The summed E-state index contributed by atoms with van der Waals surface area (Å²) >= 11 is 0. The van der Waals surface area contributed by atoms with Crippen LogP contribution in [0.4, 0.5) is 18.9 Å². The number of aliphatic carboxylic acids is 1. The van der Waals surface area contributed by atoms with Crippen LogP contribution in [-0.4, -0.2) is 23.7 Å². The highest BCUT2D eigenvalue weighted by Crippen LogP contribution is 2.46. The zero-order chi connectivity index (χ0) is 15.1. The maximum absolute atomic E-state index is 13.1. The van der Waals surface area contributed by atoms with E-state index >= 15 is 0 Å². The van der Waals surface area contributed by atoms with Gasteiger partial charge in [-0.05, 0) is 31.5 Å². The molecule has 1 aliphatic rings. The Balaban J connectivity index is 2.55. The molecular formula is C14H16F3NO2. The lowest BCUT2D eigenvalue weighted by Gasteiger charge is -2.24. The number of rotatable bonds is 3. The lowest BCUT2D eigenvalue weighted by molar-refractivity contribution is -0.140. The largest absolute Gasteiger partial charge is 0.481 e. The van der Waals surface area contributed by atoms with Gasteiger partial charge in [0.1, 0.15) is 0 Å². The van der Waals surface area contributed by atoms with E-state index in [0.29, 0.717) is 12.2 Å². The molecule has 110 valence electrons. The van der Waals surface area contributed by atoms with Gasteiger partial charge in [0.25, 0.3) is 0 Å². The summed E-state index contributed by atoms with van der Waals surface area (Å²) in [7, 11) is 0. The fourth-order valence-corrected chi connectivity index (χ4v) is 2.77. The molecule has 1 N–H and O–H groups in total. The summed E-state index contributed by atoms with van der Waals surface area (Å²) in [4.78, 5) is 12.7. The van der Waals surface area contributed by atoms with Gasteiger partial charge in [-0.3, -0.25) is 4.79 Å². The number of carboxylic acids is 1. The van der Waals surface area contributed by atoms with Crippen molar-refractivity contribution in [3.63, 3.8) is 0 Å². The fourth-order valence-electron chi connectivity index (χ4n) is 2.77. The predicted molar refractivity (Wildman–Crippen MR) is 68.9 cm³/mol. The quantitative estimate of drug-likeness (QED) is 0.925. The van der Waals surface area contributed by atoms with Crippen LogP contribution in [0.15, 0.2) is 18.2 Å². The van der Waals surface area contributed by atoms with E-state index in [1.807, 2.05) is 18.7 Å². The van der Waals surface area contributed by atoms with Gasteiger partial charge in [-0.1, -0.05) is 6.07 Å². The predicted octanol–water partition coefficient (Wildman–Crippen LogP) is 3.49. The van der Waals surface area contributed by atoms with Crippen molar-refractivity contribution in [2.24, 2.45) is 0 Å². The maximum Gasteiger partial charge on any atom is 0.416 e. The third-order valence-corrected chi connectivity index (χ3v) is 3.57. The number of hydrogen-bond acceptors (Lipinski definition) is 2. The van der Waals surface area contributed by atoms with Gasteiger partial charge in [0.15, 0.2) is 0 Å². The molecule has 3 nitrogen and oxygen atoms in total. The van der Waals surface area contributed by atoms with Crippen LogP contribution in [0, 0.1) is 0 Å². The first-order valence-corrected chi connectivity index (χ1v) is 6.40. The molecule has 1 heterocycles. The van der Waals surface area contributed by atoms with Gasteiger partial charge in [-0.25, -0.2) is 0 Å². The summed E-state index contributed by atoms with van der Waals surface area (Å²) in [5, 5.41) is 8.92. The Hall–Kier alpha value is -1.72. The third-order valence-electron chi connectivity index (χ3n) is 3.57. The fraction of sp³-hybridized carbons (Fsp3) is 0.500. The summed E-state index contributed by atoms with van der Waals surface area (Å²) in [6.45, 7) is 4.08. The molecule has 0 radical (unpaired) electrons. The van der Waals surface area contributed by atoms with Crippen molar-refractivity contribution in [3.05, 3.63) is 29.3 Å². The molecule has 1 aromatic carbocycles. The van der Waals surface area contributed by atoms with Crippen molar-refractivity contribution in [1.29, 1.82) is 0 Å². The van der Waals surface area contributed by atoms with Crippen molar-refractivity contribution in [2.45, 2.75) is 38.4 Å². The average molecular weight is 287 g/mol. The van der Waals surface area contributed by atoms with E-state index in [2.05, 4.69) is 0 Å². The Bertz CT molecular complexity index is 526. The van der Waals surface area contributed by atoms with Crippen LogP contribution in [0.5, 0.6) is 0 Å². The Morgan fingerprint density at radius 2 is 2.10 bits per heavy atom. The van der Waals surface area contributed by atoms with E-state index in [0.717, 1.165) is 6.07 Å². The van der Waals surface area contributed by atoms with E-state index in [1.54, 1.807) is 6.07 Å². The highest BCUT2D eigenvalue weighted by Gasteiger charge is 2.41. The topological polar surface area (TPSA) is 40.5 Å². The van der Waals surface area contributed by atoms with Crippen LogP contribution < -0.4 is 4.90 Å². The van der Waals surface area contributed by atoms with E-state index in [4.69, 9.17) is 5.11 Å². The van der Waals surface area contributed by atoms with Crippen LogP contribution >= 0.6 is 0 Å². The summed E-state index contributed by atoms with van der Waals surface area (Å²) in [5.41, 5.74) is -0.0958. The zero-order valence-electron chi connectivity index (χ0n) is 11.2. The second-order valence-electron chi connectivity index (χ2n) is 5.28. The molecule has 1 unspecified atom stereocenters. The Morgan fingerprint density at radius 1 is 1.45 bits per heavy atom. The maximum atomic E-state index is 13.1. The Morgan fingerprint density at radius 3 is 2.60 bits per heavy atom. The molecule has 0 bridgehead atoms. The van der Waals surface area contributed by atoms with Crippen molar-refractivity contribution in [3.8, 4) is 0 Å². The summed E-state index contributed by atoms with van der Waals surface area (Å²) < 4.78 is 39.3. The SMILES string of the molecule is CC(C)N1CC(CC(=O)O)c2c1cccc2C(F)(F)F. The van der Waals surface area contributed by atoms with Crippen LogP contribution in [0.3, 0.4) is 0 Å². The van der Waals surface area contributed by atoms with Crippen LogP contribution in [-0.2, 0) is 11.0 Å². The van der Waals surface area contributed by atoms with Gasteiger partial charge >= 0.3 is 12.1 Å². The number of carboxylic acid groups (broad SMARTS) is 1. The molecule has 0 spiro atoms. The van der Waals surface area contributed by atoms with Crippen LogP contribution in [0.25, 0.3) is 0 Å². The standard InChI is InChI=1S/C14H16F3NO2/c1-8(2)18-7-9(6-12(19)20)13-10(14(15,16)17)4-3-5-11(13)18/h3-5,8-9H,6-7H2,1-2H3,(H,19,20). The second-order valence-corrected chi connectivity index (χ2v) is 5.28. The molecule has 0 aromatic heterocycles. The number of fused-ring (bicyclic) bond motifs is 1. The van der Waals surface area contributed by atoms with Crippen LogP contribution in [0.1, 0.15) is 37.3 Å². The molecule has 0 amide bonds. The highest BCUT2D eigenvalue weighted by atomic mass is 19.4. The minimum atomic E-state index is -4.46. The van der Waals surface area contributed by atoms with Crippen molar-refractivity contribution in [1.82, 2.24) is 0 Å². The normalized spacial score (nSPS) is 18.5. The van der Waals surface area contributed by atoms with Gasteiger partial charge in [-0.2, -0.15) is 13.2 Å². The van der Waals surface area contributed by atoms with Crippen molar-refractivity contribution < 1.29 is 23.1 Å². The first-order chi connectivity index (χ1) is 9.21. The molecule has 0 saturated heterocycles. The van der Waals surface area contributed by atoms with E-state index in [1.165, 1.54) is 6.07 Å². The molecule has 0 saturated carbocycles. The molecule has 1 aliphatic heterocycles. The lowest BCUT2D eigenvalue weighted by Crippen LogP contribution is -2.29. The van der Waals surface area contributed by atoms with Gasteiger partial charge in [-0.15, -0.1) is 0 Å². The van der Waals surface area contributed by atoms with E-state index < -0.39 is 23.6 Å². The number of hydrogen-bond donors (Lipinski definition) is 1. The molecule has 20 heavy (non-hydrogen) atoms. The molecule has 0 aliphatic carbocycles. The van der Waals surface area contributed by atoms with E-state index in [-0.39, 0.29) is 18.0 Å². The molecular weight excluding hydrogens is 271 g/mol. The number of nitrogens with zero attached hydrogens (tertiary/aromatic N) is 1. The second kappa shape index (κ2) is 5.00. The minimum Gasteiger partial charge on any atom is -0.481 e. The minimum absolute atomic E-state index is 0.0241. The first-order valence-electron chi connectivity index (χ1n) is 6.40. The number of carbonyl (C=O) groups is 1. The molecule has 1 aromatic rings. The molecule has 2 rings (SSSR count). The number of alkyl halides is 3. The number of benzene rings is 1. The Labute approximate surface area is 115 Å². The van der Waals surface area contributed by atoms with Gasteiger partial charge in [0.2, 0.25) is 0 Å². The Kier molecular flexibility index (Phi) is 3.67. The lowest BCUT2D eigenvalue weighted by atomic mass is 9.93. The zero-order valence-corrected chi connectivity index (χ0v) is 11.2. The van der Waals surface area contributed by atoms with Crippen LogP contribution in [0.2, 0.25) is 0 Å². The first kappa shape index (κ1) is 14.7. The summed E-state index contributed by atoms with van der Waals surface area (Å²) in [6, 6.07) is 4.06.